The molecule has 4 aromatic rings. The molecule has 7 nitrogen and oxygen atoms in total. The van der Waals surface area contributed by atoms with Crippen LogP contribution in [0.1, 0.15) is 37.9 Å². The highest BCUT2D eigenvalue weighted by molar-refractivity contribution is 7.91. The molecule has 1 unspecified atom stereocenters. The van der Waals surface area contributed by atoms with E-state index in [1.165, 1.54) is 6.92 Å². The predicted molar refractivity (Wildman–Crippen MR) is 157 cm³/mol. The number of carbonyl (C=O) groups is 1. The molecule has 0 N–H and O–H groups in total. The summed E-state index contributed by atoms with van der Waals surface area (Å²) in [5, 5.41) is 0.681. The molecule has 1 amide bonds. The number of sulfone groups is 2. The van der Waals surface area contributed by atoms with Crippen molar-refractivity contribution in [3.8, 4) is 11.1 Å². The highest BCUT2D eigenvalue weighted by Gasteiger charge is 2.45. The Bertz CT molecular complexity index is 1890. The third kappa shape index (κ3) is 6.05. The van der Waals surface area contributed by atoms with Crippen molar-refractivity contribution < 1.29 is 34.8 Å². The Labute approximate surface area is 242 Å². The van der Waals surface area contributed by atoms with Gasteiger partial charge in [0.25, 0.3) is 0 Å². The molecule has 0 aliphatic carbocycles. The molecule has 12 heteroatoms. The number of carbonyl (C=O) groups excluding carboxylic acids is 1. The van der Waals surface area contributed by atoms with Gasteiger partial charge in [-0.3, -0.25) is 14.7 Å². The third-order valence-electron chi connectivity index (χ3n) is 7.40. The fourth-order valence-corrected chi connectivity index (χ4v) is 5.77. The van der Waals surface area contributed by atoms with Crippen molar-refractivity contribution in [3.05, 3.63) is 90.1 Å². The Balaban J connectivity index is 1.88. The summed E-state index contributed by atoms with van der Waals surface area (Å²) < 4.78 is 89.0. The molecule has 0 fully saturated rings. The van der Waals surface area contributed by atoms with Gasteiger partial charge in [0.05, 0.1) is 21.2 Å². The fraction of sp³-hybridized carbons (Fsp3) is 0.267. The lowest BCUT2D eigenvalue weighted by molar-refractivity contribution is -0.171. The van der Waals surface area contributed by atoms with Crippen LogP contribution in [-0.2, 0) is 29.2 Å². The zero-order chi connectivity index (χ0) is 31.3. The fourth-order valence-electron chi connectivity index (χ4n) is 4.60. The van der Waals surface area contributed by atoms with E-state index < -0.39 is 42.5 Å². The minimum atomic E-state index is -5.20. The van der Waals surface area contributed by atoms with Crippen LogP contribution >= 0.6 is 0 Å². The number of amides is 1. The lowest BCUT2D eigenvalue weighted by Crippen LogP contribution is -2.42. The van der Waals surface area contributed by atoms with Crippen LogP contribution < -0.4 is 4.90 Å². The molecule has 1 atom stereocenters. The first-order valence-corrected chi connectivity index (χ1v) is 16.5. The quantitative estimate of drug-likeness (QED) is 0.243. The van der Waals surface area contributed by atoms with Gasteiger partial charge < -0.3 is 0 Å². The smallest absolute Gasteiger partial charge is 0.297 e. The van der Waals surface area contributed by atoms with E-state index in [0.29, 0.717) is 38.1 Å². The average Bonchev–Trinajstić information content (AvgIpc) is 2.91. The molecular weight excluding hydrogens is 589 g/mol. The largest absolute Gasteiger partial charge is 0.471 e. The van der Waals surface area contributed by atoms with E-state index in [-0.39, 0.29) is 10.6 Å². The lowest BCUT2D eigenvalue weighted by atomic mass is 9.92. The zero-order valence-corrected chi connectivity index (χ0v) is 25.1. The molecule has 1 heterocycles. The number of pyridine rings is 1. The summed E-state index contributed by atoms with van der Waals surface area (Å²) in [6.07, 6.45) is -1.49. The van der Waals surface area contributed by atoms with Crippen LogP contribution in [-0.4, -0.2) is 46.4 Å². The first kappa shape index (κ1) is 31.2. The molecule has 222 valence electrons. The Kier molecular flexibility index (Phi) is 8.02. The van der Waals surface area contributed by atoms with Gasteiger partial charge in [-0.2, -0.15) is 13.2 Å². The van der Waals surface area contributed by atoms with Gasteiger partial charge in [0, 0.05) is 35.3 Å². The third-order valence-corrected chi connectivity index (χ3v) is 10.6. The van der Waals surface area contributed by atoms with Crippen molar-refractivity contribution >= 4 is 42.2 Å². The van der Waals surface area contributed by atoms with Crippen molar-refractivity contribution in [1.29, 1.82) is 0 Å². The summed E-state index contributed by atoms with van der Waals surface area (Å²) in [7, 11) is -7.14. The van der Waals surface area contributed by atoms with Crippen LogP contribution in [0.25, 0.3) is 22.0 Å². The molecule has 0 saturated heterocycles. The number of aromatic nitrogens is 1. The van der Waals surface area contributed by atoms with Gasteiger partial charge in [0.15, 0.2) is 19.7 Å². The molecule has 3 aromatic carbocycles. The molecule has 4 rings (SSSR count). The molecular formula is C30H29F3N2O5S2. The molecule has 1 aromatic heterocycles. The van der Waals surface area contributed by atoms with Gasteiger partial charge in [-0.15, -0.1) is 0 Å². The highest BCUT2D eigenvalue weighted by Crippen LogP contribution is 2.38. The van der Waals surface area contributed by atoms with Gasteiger partial charge in [0.2, 0.25) is 0 Å². The van der Waals surface area contributed by atoms with Crippen molar-refractivity contribution in [3.63, 3.8) is 0 Å². The summed E-state index contributed by atoms with van der Waals surface area (Å²) in [6, 6.07) is 17.0. The summed E-state index contributed by atoms with van der Waals surface area (Å²) in [5.41, 5.74) is 2.43. The average molecular weight is 619 g/mol. The Morgan fingerprint density at radius 2 is 1.52 bits per heavy atom. The monoisotopic (exact) mass is 618 g/mol. The van der Waals surface area contributed by atoms with E-state index in [4.69, 9.17) is 0 Å². The molecule has 0 aliphatic heterocycles. The highest BCUT2D eigenvalue weighted by atomic mass is 32.2. The number of halogens is 3. The summed E-state index contributed by atoms with van der Waals surface area (Å²) in [6.45, 7) is 4.63. The van der Waals surface area contributed by atoms with Gasteiger partial charge in [0.1, 0.15) is 0 Å². The number of nitrogens with zero attached hydrogens (tertiary/aromatic N) is 2. The van der Waals surface area contributed by atoms with Crippen LogP contribution in [0.4, 0.5) is 18.9 Å². The Morgan fingerprint density at radius 1 is 0.881 bits per heavy atom. The number of benzene rings is 3. The van der Waals surface area contributed by atoms with E-state index >= 15 is 0 Å². The molecule has 0 bridgehead atoms. The van der Waals surface area contributed by atoms with E-state index in [1.807, 2.05) is 0 Å². The molecule has 0 aliphatic rings. The lowest BCUT2D eigenvalue weighted by Gasteiger charge is -2.31. The van der Waals surface area contributed by atoms with E-state index in [1.54, 1.807) is 68.6 Å². The topological polar surface area (TPSA) is 101 Å². The number of hydrogen-bond donors (Lipinski definition) is 0. The van der Waals surface area contributed by atoms with Gasteiger partial charge in [-0.1, -0.05) is 24.3 Å². The normalized spacial score (nSPS) is 13.6. The summed E-state index contributed by atoms with van der Waals surface area (Å²) in [4.78, 5) is 17.6. The van der Waals surface area contributed by atoms with Crippen molar-refractivity contribution in [2.24, 2.45) is 0 Å². The Morgan fingerprint density at radius 3 is 2.10 bits per heavy atom. The maximum atomic E-state index is 13.8. The van der Waals surface area contributed by atoms with Crippen LogP contribution in [0, 0.1) is 0 Å². The van der Waals surface area contributed by atoms with E-state index in [0.717, 1.165) is 36.8 Å². The standard InChI is InChI=1S/C30H29F3N2O5S2/c1-19(35(28(36)30(31,32)33)24-11-13-25(14-12-24)41(4,37)38)20-8-6-9-21(16-20)26-18-23(29(2,3)42(5,39)40)17-22-10-7-15-34-27(22)26/h6-19H,1-5H3. The second-order valence-electron chi connectivity index (χ2n) is 10.6. The second-order valence-corrected chi connectivity index (χ2v) is 15.2. The van der Waals surface area contributed by atoms with Crippen LogP contribution in [0.3, 0.4) is 0 Å². The SMILES string of the molecule is CC(c1cccc(-c2cc(C(C)(C)S(C)(=O)=O)cc3cccnc23)c1)N(C(=O)C(F)(F)F)c1ccc(S(C)(=O)=O)cc1. The number of alkyl halides is 3. The minimum absolute atomic E-state index is 0.100. The van der Waals surface area contributed by atoms with E-state index in [9.17, 15) is 34.8 Å². The number of anilines is 1. The second kappa shape index (κ2) is 10.8. The van der Waals surface area contributed by atoms with Crippen molar-refractivity contribution in [2.45, 2.75) is 42.6 Å². The van der Waals surface area contributed by atoms with Crippen LogP contribution in [0.15, 0.2) is 83.9 Å². The molecule has 0 saturated carbocycles. The van der Waals surface area contributed by atoms with Crippen molar-refractivity contribution in [1.82, 2.24) is 4.98 Å². The summed E-state index contributed by atoms with van der Waals surface area (Å²) >= 11 is 0. The number of fused-ring (bicyclic) bond motifs is 1. The zero-order valence-electron chi connectivity index (χ0n) is 23.5. The molecule has 42 heavy (non-hydrogen) atoms. The first-order valence-electron chi connectivity index (χ1n) is 12.7. The minimum Gasteiger partial charge on any atom is -0.297 e. The first-order chi connectivity index (χ1) is 19.3. The van der Waals surface area contributed by atoms with Gasteiger partial charge in [-0.05, 0) is 86.0 Å². The van der Waals surface area contributed by atoms with Gasteiger partial charge >= 0.3 is 12.1 Å². The van der Waals surface area contributed by atoms with E-state index in [2.05, 4.69) is 4.98 Å². The summed E-state index contributed by atoms with van der Waals surface area (Å²) in [5.74, 6) is -2.11. The van der Waals surface area contributed by atoms with Crippen molar-refractivity contribution in [2.75, 3.05) is 17.4 Å². The molecule has 0 spiro atoms. The van der Waals surface area contributed by atoms with Gasteiger partial charge in [-0.25, -0.2) is 16.8 Å². The number of rotatable bonds is 7. The maximum absolute atomic E-state index is 13.8. The Hall–Kier alpha value is -3.77. The van der Waals surface area contributed by atoms with Crippen LogP contribution in [0.5, 0.6) is 0 Å². The predicted octanol–water partition coefficient (Wildman–Crippen LogP) is 6.24. The molecule has 0 radical (unpaired) electrons. The van der Waals surface area contributed by atoms with Crippen LogP contribution in [0.2, 0.25) is 0 Å². The maximum Gasteiger partial charge on any atom is 0.471 e. The number of hydrogen-bond acceptors (Lipinski definition) is 6.